The van der Waals surface area contributed by atoms with Crippen molar-refractivity contribution in [2.24, 2.45) is 11.8 Å². The lowest BCUT2D eigenvalue weighted by molar-refractivity contribution is -0.116. The molecule has 0 unspecified atom stereocenters. The quantitative estimate of drug-likeness (QED) is 0.560. The van der Waals surface area contributed by atoms with Gasteiger partial charge in [-0.05, 0) is 99.3 Å². The zero-order valence-electron chi connectivity index (χ0n) is 22.6. The summed E-state index contributed by atoms with van der Waals surface area (Å²) in [6, 6.07) is 13.8. The van der Waals surface area contributed by atoms with Gasteiger partial charge < -0.3 is 15.0 Å². The molecule has 38 heavy (non-hydrogen) atoms. The number of rotatable bonds is 8. The lowest BCUT2D eigenvalue weighted by Gasteiger charge is -2.57. The van der Waals surface area contributed by atoms with Crippen LogP contribution in [-0.2, 0) is 16.1 Å². The predicted molar refractivity (Wildman–Crippen MR) is 151 cm³/mol. The number of pyridine rings is 1. The summed E-state index contributed by atoms with van der Waals surface area (Å²) in [6.45, 7) is 8.10. The number of hydrogen-bond donors (Lipinski definition) is 1. The molecule has 2 aromatic rings. The Kier molecular flexibility index (Phi) is 8.24. The molecule has 4 saturated heterocycles. The van der Waals surface area contributed by atoms with Crippen LogP contribution in [0.25, 0.3) is 0 Å². The summed E-state index contributed by atoms with van der Waals surface area (Å²) in [5.74, 6) is 1.63. The standard InChI is InChI=1S/C31H43N5O2/c37-30(33-26-10-12-27(13-11-26)34-17-19-38-20-18-34)9-1-8-29-28-7-4-16-35-15-3-6-25(31(28)35)23-36(29)22-24-5-2-14-32-21-24/h2,5,10-14,21,25,28-29,31H,1,3-4,6-9,15-20,22-23H2,(H,33,37)/t25-,28+,29+,31-/m0/s1. The second kappa shape index (κ2) is 12.1. The first-order valence-electron chi connectivity index (χ1n) is 14.8. The molecule has 4 aliphatic rings. The van der Waals surface area contributed by atoms with E-state index < -0.39 is 0 Å². The van der Waals surface area contributed by atoms with Gasteiger partial charge >= 0.3 is 0 Å². The van der Waals surface area contributed by atoms with Crippen LogP contribution in [0, 0.1) is 11.8 Å². The van der Waals surface area contributed by atoms with Gasteiger partial charge in [0.15, 0.2) is 0 Å². The van der Waals surface area contributed by atoms with Gasteiger partial charge in [0.25, 0.3) is 0 Å². The maximum absolute atomic E-state index is 12.9. The summed E-state index contributed by atoms with van der Waals surface area (Å²) in [5.41, 5.74) is 3.38. The van der Waals surface area contributed by atoms with Crippen LogP contribution in [0.2, 0.25) is 0 Å². The summed E-state index contributed by atoms with van der Waals surface area (Å²) >= 11 is 0. The molecular formula is C31H43N5O2. The average molecular weight is 518 g/mol. The maximum atomic E-state index is 12.9. The van der Waals surface area contributed by atoms with Crippen molar-refractivity contribution >= 4 is 17.3 Å². The van der Waals surface area contributed by atoms with E-state index in [4.69, 9.17) is 4.74 Å². The van der Waals surface area contributed by atoms with Crippen LogP contribution in [0.1, 0.15) is 50.5 Å². The van der Waals surface area contributed by atoms with Gasteiger partial charge in [0.1, 0.15) is 0 Å². The number of carbonyl (C=O) groups excluding carboxylic acids is 1. The SMILES string of the molecule is O=C(CCC[C@@H]1[C@H]2CCCN3CCC[C@@H](CN1Cc1cccnc1)[C@@H]23)Nc1ccc(N2CCOCC2)cc1. The van der Waals surface area contributed by atoms with Crippen molar-refractivity contribution in [2.45, 2.75) is 63.6 Å². The van der Waals surface area contributed by atoms with E-state index in [0.717, 1.165) is 69.3 Å². The predicted octanol–water partition coefficient (Wildman–Crippen LogP) is 4.40. The molecule has 4 atom stereocenters. The molecule has 204 valence electrons. The van der Waals surface area contributed by atoms with E-state index in [1.165, 1.54) is 56.6 Å². The Morgan fingerprint density at radius 3 is 2.63 bits per heavy atom. The highest BCUT2D eigenvalue weighted by Gasteiger charge is 2.48. The van der Waals surface area contributed by atoms with E-state index in [1.807, 2.05) is 24.5 Å². The Balaban J connectivity index is 1.07. The molecular weight excluding hydrogens is 474 g/mol. The Bertz CT molecular complexity index is 1040. The van der Waals surface area contributed by atoms with E-state index in [9.17, 15) is 4.79 Å². The fourth-order valence-electron chi connectivity index (χ4n) is 7.66. The Hall–Kier alpha value is -2.48. The number of amides is 1. The van der Waals surface area contributed by atoms with E-state index in [0.29, 0.717) is 12.5 Å². The number of benzene rings is 1. The van der Waals surface area contributed by atoms with E-state index in [-0.39, 0.29) is 5.91 Å². The van der Waals surface area contributed by atoms with Gasteiger partial charge in [-0.25, -0.2) is 0 Å². The zero-order chi connectivity index (χ0) is 25.7. The minimum atomic E-state index is 0.125. The molecule has 6 rings (SSSR count). The monoisotopic (exact) mass is 517 g/mol. The van der Waals surface area contributed by atoms with Crippen LogP contribution in [0.4, 0.5) is 11.4 Å². The smallest absolute Gasteiger partial charge is 0.224 e. The molecule has 0 saturated carbocycles. The van der Waals surface area contributed by atoms with Crippen molar-refractivity contribution in [3.05, 3.63) is 54.4 Å². The molecule has 1 aromatic carbocycles. The molecule has 0 bridgehead atoms. The summed E-state index contributed by atoms with van der Waals surface area (Å²) in [5, 5.41) is 3.14. The lowest BCUT2D eigenvalue weighted by Crippen LogP contribution is -2.64. The van der Waals surface area contributed by atoms with Crippen molar-refractivity contribution in [1.82, 2.24) is 14.8 Å². The molecule has 7 heteroatoms. The van der Waals surface area contributed by atoms with Gasteiger partial charge in [0.2, 0.25) is 5.91 Å². The number of nitrogens with one attached hydrogen (secondary N) is 1. The number of anilines is 2. The van der Waals surface area contributed by atoms with E-state index >= 15 is 0 Å². The highest BCUT2D eigenvalue weighted by Crippen LogP contribution is 2.43. The van der Waals surface area contributed by atoms with Crippen LogP contribution in [-0.4, -0.2) is 78.7 Å². The normalized spacial score (nSPS) is 28.1. The highest BCUT2D eigenvalue weighted by molar-refractivity contribution is 5.90. The first-order chi connectivity index (χ1) is 18.7. The average Bonchev–Trinajstić information content (AvgIpc) is 2.96. The zero-order valence-corrected chi connectivity index (χ0v) is 22.6. The number of ether oxygens (including phenoxy) is 1. The number of morpholine rings is 1. The molecule has 1 aromatic heterocycles. The van der Waals surface area contributed by atoms with Crippen molar-refractivity contribution < 1.29 is 9.53 Å². The van der Waals surface area contributed by atoms with E-state index in [1.54, 1.807) is 0 Å². The first kappa shape index (κ1) is 25.8. The van der Waals surface area contributed by atoms with Gasteiger partial charge in [-0.15, -0.1) is 0 Å². The van der Waals surface area contributed by atoms with Gasteiger partial charge in [-0.3, -0.25) is 19.6 Å². The molecule has 4 aliphatic heterocycles. The third-order valence-electron chi connectivity index (χ3n) is 9.32. The van der Waals surface area contributed by atoms with Crippen molar-refractivity contribution in [2.75, 3.05) is 56.2 Å². The second-order valence-electron chi connectivity index (χ2n) is 11.7. The van der Waals surface area contributed by atoms with Crippen LogP contribution in [0.3, 0.4) is 0 Å². The minimum absolute atomic E-state index is 0.125. The number of carbonyl (C=O) groups is 1. The fourth-order valence-corrected chi connectivity index (χ4v) is 7.66. The molecule has 5 heterocycles. The topological polar surface area (TPSA) is 60.9 Å². The van der Waals surface area contributed by atoms with Gasteiger partial charge in [0.05, 0.1) is 13.2 Å². The fraction of sp³-hybridized carbons (Fsp3) is 0.613. The second-order valence-corrected chi connectivity index (χ2v) is 11.7. The van der Waals surface area contributed by atoms with Crippen LogP contribution in [0.5, 0.6) is 0 Å². The van der Waals surface area contributed by atoms with Crippen molar-refractivity contribution in [3.63, 3.8) is 0 Å². The lowest BCUT2D eigenvalue weighted by atomic mass is 9.69. The Morgan fingerprint density at radius 1 is 1.03 bits per heavy atom. The van der Waals surface area contributed by atoms with E-state index in [2.05, 4.69) is 49.3 Å². The summed E-state index contributed by atoms with van der Waals surface area (Å²) < 4.78 is 5.46. The van der Waals surface area contributed by atoms with Gasteiger partial charge in [0, 0.05) is 68.5 Å². The molecule has 1 amide bonds. The Labute approximate surface area is 227 Å². The first-order valence-corrected chi connectivity index (χ1v) is 14.8. The third kappa shape index (κ3) is 5.90. The number of likely N-dealkylation sites (tertiary alicyclic amines) is 1. The third-order valence-corrected chi connectivity index (χ3v) is 9.32. The number of nitrogens with zero attached hydrogens (tertiary/aromatic N) is 4. The number of hydrogen-bond acceptors (Lipinski definition) is 6. The summed E-state index contributed by atoms with van der Waals surface area (Å²) in [7, 11) is 0. The van der Waals surface area contributed by atoms with Crippen LogP contribution < -0.4 is 10.2 Å². The largest absolute Gasteiger partial charge is 0.378 e. The molecule has 0 radical (unpaired) electrons. The molecule has 0 spiro atoms. The molecule has 4 fully saturated rings. The Morgan fingerprint density at radius 2 is 1.84 bits per heavy atom. The van der Waals surface area contributed by atoms with Crippen molar-refractivity contribution in [1.29, 1.82) is 0 Å². The number of piperidine rings is 3. The minimum Gasteiger partial charge on any atom is -0.378 e. The molecule has 1 N–H and O–H groups in total. The van der Waals surface area contributed by atoms with Gasteiger partial charge in [-0.1, -0.05) is 6.07 Å². The molecule has 0 aliphatic carbocycles. The highest BCUT2D eigenvalue weighted by atomic mass is 16.5. The summed E-state index contributed by atoms with van der Waals surface area (Å²) in [6.07, 6.45) is 11.8. The van der Waals surface area contributed by atoms with Crippen LogP contribution >= 0.6 is 0 Å². The van der Waals surface area contributed by atoms with Gasteiger partial charge in [-0.2, -0.15) is 0 Å². The number of aromatic nitrogens is 1. The van der Waals surface area contributed by atoms with Crippen LogP contribution in [0.15, 0.2) is 48.8 Å². The van der Waals surface area contributed by atoms with Crippen molar-refractivity contribution in [3.8, 4) is 0 Å². The maximum Gasteiger partial charge on any atom is 0.224 e. The summed E-state index contributed by atoms with van der Waals surface area (Å²) in [4.78, 5) is 25.2. The molecule has 7 nitrogen and oxygen atoms in total.